The van der Waals surface area contributed by atoms with Crippen molar-refractivity contribution in [3.05, 3.63) is 35.6 Å². The van der Waals surface area contributed by atoms with Gasteiger partial charge in [-0.05, 0) is 49.6 Å². The number of nitrogens with one attached hydrogen (secondary N) is 1. The molecular formula is C20H23NO6S. The Morgan fingerprint density at radius 1 is 1.21 bits per heavy atom. The van der Waals surface area contributed by atoms with Crippen LogP contribution in [0.1, 0.15) is 22.5 Å². The number of ether oxygens (including phenoxy) is 3. The second kappa shape index (κ2) is 9.05. The lowest BCUT2D eigenvalue weighted by Gasteiger charge is -2.18. The van der Waals surface area contributed by atoms with Gasteiger partial charge in [-0.3, -0.25) is 4.79 Å². The summed E-state index contributed by atoms with van der Waals surface area (Å²) in [5.74, 6) is 2.23. The molecule has 7 nitrogen and oxygen atoms in total. The van der Waals surface area contributed by atoms with Gasteiger partial charge in [0.05, 0.1) is 12.7 Å². The van der Waals surface area contributed by atoms with Crippen molar-refractivity contribution >= 4 is 23.6 Å². The number of furan rings is 1. The Morgan fingerprint density at radius 2 is 1.96 bits per heavy atom. The van der Waals surface area contributed by atoms with Crippen LogP contribution < -0.4 is 14.8 Å². The molecule has 0 saturated heterocycles. The normalized spacial score (nSPS) is 13.7. The van der Waals surface area contributed by atoms with Crippen molar-refractivity contribution < 1.29 is 28.2 Å². The first-order valence-corrected chi connectivity index (χ1v) is 10.3. The molecule has 2 aromatic rings. The third-order valence-corrected chi connectivity index (χ3v) is 5.03. The summed E-state index contributed by atoms with van der Waals surface area (Å²) in [6.45, 7) is 2.73. The van der Waals surface area contributed by atoms with Gasteiger partial charge in [0, 0.05) is 5.56 Å². The van der Waals surface area contributed by atoms with Crippen molar-refractivity contribution in [2.75, 3.05) is 32.3 Å². The Kier molecular flexibility index (Phi) is 6.51. The molecule has 0 spiro atoms. The Hall–Kier alpha value is -2.61. The van der Waals surface area contributed by atoms with E-state index < -0.39 is 12.0 Å². The Labute approximate surface area is 167 Å². The minimum absolute atomic E-state index is 0.374. The molecule has 0 aliphatic carbocycles. The molecule has 0 bridgehead atoms. The molecule has 1 aromatic heterocycles. The first-order valence-electron chi connectivity index (χ1n) is 8.91. The van der Waals surface area contributed by atoms with E-state index in [0.717, 1.165) is 11.3 Å². The van der Waals surface area contributed by atoms with Gasteiger partial charge in [0.15, 0.2) is 11.5 Å². The fourth-order valence-electron chi connectivity index (χ4n) is 2.91. The first-order chi connectivity index (χ1) is 13.5. The van der Waals surface area contributed by atoms with Crippen LogP contribution in [-0.4, -0.2) is 50.3 Å². The zero-order chi connectivity index (χ0) is 20.1. The van der Waals surface area contributed by atoms with Gasteiger partial charge < -0.3 is 23.9 Å². The van der Waals surface area contributed by atoms with Crippen LogP contribution in [0.2, 0.25) is 0 Å². The van der Waals surface area contributed by atoms with Crippen LogP contribution in [0.5, 0.6) is 11.5 Å². The number of thioether (sulfide) groups is 1. The van der Waals surface area contributed by atoms with E-state index >= 15 is 0 Å². The quantitative estimate of drug-likeness (QED) is 0.709. The largest absolute Gasteiger partial charge is 0.486 e. The molecule has 3 rings (SSSR count). The van der Waals surface area contributed by atoms with Crippen LogP contribution in [0.3, 0.4) is 0 Å². The topological polar surface area (TPSA) is 87.0 Å². The maximum atomic E-state index is 12.7. The third-order valence-electron chi connectivity index (χ3n) is 4.39. The summed E-state index contributed by atoms with van der Waals surface area (Å²) in [6.07, 6.45) is 2.43. The highest BCUT2D eigenvalue weighted by molar-refractivity contribution is 7.98. The summed E-state index contributed by atoms with van der Waals surface area (Å²) in [6, 6.07) is 6.46. The van der Waals surface area contributed by atoms with E-state index in [1.807, 2.05) is 24.5 Å². The van der Waals surface area contributed by atoms with Gasteiger partial charge in [-0.2, -0.15) is 11.8 Å². The van der Waals surface area contributed by atoms with E-state index in [-0.39, 0.29) is 5.91 Å². The van der Waals surface area contributed by atoms with Gasteiger partial charge in [0.25, 0.3) is 5.91 Å². The van der Waals surface area contributed by atoms with Crippen molar-refractivity contribution in [3.8, 4) is 22.8 Å². The summed E-state index contributed by atoms with van der Waals surface area (Å²) in [7, 11) is 1.31. The molecule has 1 aromatic carbocycles. The number of rotatable bonds is 7. The number of amides is 1. The molecule has 28 heavy (non-hydrogen) atoms. The van der Waals surface area contributed by atoms with Gasteiger partial charge in [-0.1, -0.05) is 0 Å². The zero-order valence-corrected chi connectivity index (χ0v) is 16.9. The van der Waals surface area contributed by atoms with Crippen LogP contribution in [0, 0.1) is 6.92 Å². The van der Waals surface area contributed by atoms with Crippen molar-refractivity contribution in [2.45, 2.75) is 19.4 Å². The SMILES string of the molecule is COC(=O)C(CCSC)NC(=O)c1cc(-c2ccc3c(c2)OCCO3)oc1C. The molecule has 0 saturated carbocycles. The minimum atomic E-state index is -0.697. The molecule has 1 aliphatic rings. The van der Waals surface area contributed by atoms with Gasteiger partial charge >= 0.3 is 5.97 Å². The second-order valence-corrected chi connectivity index (χ2v) is 7.26. The van der Waals surface area contributed by atoms with Crippen LogP contribution in [0.25, 0.3) is 11.3 Å². The van der Waals surface area contributed by atoms with E-state index in [9.17, 15) is 9.59 Å². The summed E-state index contributed by atoms with van der Waals surface area (Å²) in [4.78, 5) is 24.6. The highest BCUT2D eigenvalue weighted by atomic mass is 32.2. The number of fused-ring (bicyclic) bond motifs is 1. The lowest BCUT2D eigenvalue weighted by Crippen LogP contribution is -2.42. The minimum Gasteiger partial charge on any atom is -0.486 e. The summed E-state index contributed by atoms with van der Waals surface area (Å²) in [5.41, 5.74) is 1.15. The van der Waals surface area contributed by atoms with Crippen LogP contribution in [0.15, 0.2) is 28.7 Å². The standard InChI is InChI=1S/C20H23NO6S/c1-12-14(19(22)21-15(6-9-28-3)20(23)24-2)11-17(27-12)13-4-5-16-18(10-13)26-8-7-25-16/h4-5,10-11,15H,6-9H2,1-3H3,(H,21,22). The average Bonchev–Trinajstić information content (AvgIpc) is 3.11. The highest BCUT2D eigenvalue weighted by Crippen LogP contribution is 2.35. The van der Waals surface area contributed by atoms with E-state index in [2.05, 4.69) is 5.32 Å². The van der Waals surface area contributed by atoms with Gasteiger partial charge in [0.2, 0.25) is 0 Å². The highest BCUT2D eigenvalue weighted by Gasteiger charge is 2.24. The smallest absolute Gasteiger partial charge is 0.328 e. The number of esters is 1. The molecule has 1 unspecified atom stereocenters. The van der Waals surface area contributed by atoms with Crippen molar-refractivity contribution in [3.63, 3.8) is 0 Å². The monoisotopic (exact) mass is 405 g/mol. The molecule has 0 radical (unpaired) electrons. The summed E-state index contributed by atoms with van der Waals surface area (Å²) in [5, 5.41) is 2.74. The van der Waals surface area contributed by atoms with E-state index in [0.29, 0.717) is 48.2 Å². The molecule has 1 N–H and O–H groups in total. The van der Waals surface area contributed by atoms with E-state index in [1.165, 1.54) is 7.11 Å². The van der Waals surface area contributed by atoms with E-state index in [4.69, 9.17) is 18.6 Å². The van der Waals surface area contributed by atoms with Gasteiger partial charge in [0.1, 0.15) is 30.8 Å². The number of carbonyl (C=O) groups is 2. The lowest BCUT2D eigenvalue weighted by atomic mass is 10.1. The predicted octanol–water partition coefficient (Wildman–Crippen LogP) is 3.05. The number of hydrogen-bond donors (Lipinski definition) is 1. The van der Waals surface area contributed by atoms with Crippen molar-refractivity contribution in [1.29, 1.82) is 0 Å². The van der Waals surface area contributed by atoms with E-state index in [1.54, 1.807) is 24.8 Å². The molecule has 1 atom stereocenters. The summed E-state index contributed by atoms with van der Waals surface area (Å²) >= 11 is 1.60. The van der Waals surface area contributed by atoms with Gasteiger partial charge in [-0.25, -0.2) is 4.79 Å². The van der Waals surface area contributed by atoms with Crippen LogP contribution in [-0.2, 0) is 9.53 Å². The second-order valence-electron chi connectivity index (χ2n) is 6.27. The number of hydrogen-bond acceptors (Lipinski definition) is 7. The Morgan fingerprint density at radius 3 is 2.68 bits per heavy atom. The number of aryl methyl sites for hydroxylation is 1. The molecular weight excluding hydrogens is 382 g/mol. The Bertz CT molecular complexity index is 862. The van der Waals surface area contributed by atoms with Crippen LogP contribution >= 0.6 is 11.8 Å². The maximum Gasteiger partial charge on any atom is 0.328 e. The maximum absolute atomic E-state index is 12.7. The molecule has 150 valence electrons. The number of carbonyl (C=O) groups excluding carboxylic acids is 2. The predicted molar refractivity (Wildman–Crippen MR) is 106 cm³/mol. The number of benzene rings is 1. The Balaban J connectivity index is 1.79. The fraction of sp³-hybridized carbons (Fsp3) is 0.400. The fourth-order valence-corrected chi connectivity index (χ4v) is 3.38. The molecule has 1 aliphatic heterocycles. The average molecular weight is 405 g/mol. The third kappa shape index (κ3) is 4.44. The molecule has 1 amide bonds. The summed E-state index contributed by atoms with van der Waals surface area (Å²) < 4.78 is 21.7. The van der Waals surface area contributed by atoms with Crippen LogP contribution in [0.4, 0.5) is 0 Å². The molecule has 8 heteroatoms. The number of methoxy groups -OCH3 is 1. The lowest BCUT2D eigenvalue weighted by molar-refractivity contribution is -0.142. The molecule has 2 heterocycles. The van der Waals surface area contributed by atoms with Crippen molar-refractivity contribution in [1.82, 2.24) is 5.32 Å². The zero-order valence-electron chi connectivity index (χ0n) is 16.1. The van der Waals surface area contributed by atoms with Crippen molar-refractivity contribution in [2.24, 2.45) is 0 Å². The molecule has 0 fully saturated rings. The van der Waals surface area contributed by atoms with Gasteiger partial charge in [-0.15, -0.1) is 0 Å². The first kappa shape index (κ1) is 20.1.